The van der Waals surface area contributed by atoms with Crippen LogP contribution in [0.4, 0.5) is 0 Å². The lowest BCUT2D eigenvalue weighted by Crippen LogP contribution is -2.29. The molecule has 0 aliphatic heterocycles. The lowest BCUT2D eigenvalue weighted by molar-refractivity contribution is 0.305. The standard InChI is InChI=1S/C13H14BNO3/c1-10-6-11(8-15-7-10)9-18-13-4-2-12(3-5-13)14(16)17/h2-8,16-17H,9H2,1H3. The highest BCUT2D eigenvalue weighted by Gasteiger charge is 2.09. The Morgan fingerprint density at radius 3 is 2.50 bits per heavy atom. The molecule has 0 atom stereocenters. The van der Waals surface area contributed by atoms with Crippen LogP contribution in [-0.4, -0.2) is 22.2 Å². The molecule has 4 nitrogen and oxygen atoms in total. The lowest BCUT2D eigenvalue weighted by atomic mass is 9.80. The minimum Gasteiger partial charge on any atom is -0.489 e. The maximum atomic E-state index is 8.96. The molecule has 18 heavy (non-hydrogen) atoms. The number of hydrogen-bond donors (Lipinski definition) is 2. The summed E-state index contributed by atoms with van der Waals surface area (Å²) in [4.78, 5) is 4.09. The average Bonchev–Trinajstić information content (AvgIpc) is 2.37. The van der Waals surface area contributed by atoms with E-state index < -0.39 is 7.12 Å². The zero-order chi connectivity index (χ0) is 13.0. The Labute approximate surface area is 106 Å². The van der Waals surface area contributed by atoms with Crippen molar-refractivity contribution in [1.29, 1.82) is 0 Å². The van der Waals surface area contributed by atoms with Gasteiger partial charge in [0.15, 0.2) is 0 Å². The summed E-state index contributed by atoms with van der Waals surface area (Å²) in [5.74, 6) is 0.681. The van der Waals surface area contributed by atoms with Crippen LogP contribution in [0.25, 0.3) is 0 Å². The van der Waals surface area contributed by atoms with Crippen LogP contribution in [0, 0.1) is 6.92 Å². The number of rotatable bonds is 4. The van der Waals surface area contributed by atoms with Gasteiger partial charge in [0, 0.05) is 18.0 Å². The summed E-state index contributed by atoms with van der Waals surface area (Å²) < 4.78 is 5.58. The number of pyridine rings is 1. The number of aromatic nitrogens is 1. The molecule has 2 N–H and O–H groups in total. The molecule has 2 aromatic rings. The fraction of sp³-hybridized carbons (Fsp3) is 0.154. The minimum atomic E-state index is -1.44. The highest BCUT2D eigenvalue weighted by atomic mass is 16.5. The fourth-order valence-electron chi connectivity index (χ4n) is 1.60. The maximum absolute atomic E-state index is 8.96. The Morgan fingerprint density at radius 1 is 1.17 bits per heavy atom. The summed E-state index contributed by atoms with van der Waals surface area (Å²) in [5, 5.41) is 17.9. The summed E-state index contributed by atoms with van der Waals surface area (Å²) >= 11 is 0. The molecule has 0 unspecified atom stereocenters. The zero-order valence-electron chi connectivity index (χ0n) is 10.1. The van der Waals surface area contributed by atoms with Gasteiger partial charge in [0.05, 0.1) is 0 Å². The molecule has 0 fully saturated rings. The van der Waals surface area contributed by atoms with Crippen molar-refractivity contribution in [2.75, 3.05) is 0 Å². The van der Waals surface area contributed by atoms with Gasteiger partial charge in [0.25, 0.3) is 0 Å². The van der Waals surface area contributed by atoms with Crippen molar-refractivity contribution in [2.24, 2.45) is 0 Å². The molecule has 0 aliphatic rings. The second kappa shape index (κ2) is 5.66. The van der Waals surface area contributed by atoms with Crippen LogP contribution in [0.1, 0.15) is 11.1 Å². The number of nitrogens with zero attached hydrogens (tertiary/aromatic N) is 1. The topological polar surface area (TPSA) is 62.6 Å². The molecule has 0 radical (unpaired) electrons. The summed E-state index contributed by atoms with van der Waals surface area (Å²) in [6, 6.07) is 8.66. The molecule has 1 aromatic carbocycles. The first-order valence-electron chi connectivity index (χ1n) is 5.64. The zero-order valence-corrected chi connectivity index (χ0v) is 10.1. The SMILES string of the molecule is Cc1cncc(COc2ccc(B(O)O)cc2)c1. The molecular formula is C13H14BNO3. The predicted octanol–water partition coefficient (Wildman–Crippen LogP) is 0.649. The normalized spacial score (nSPS) is 10.2. The Morgan fingerprint density at radius 2 is 1.89 bits per heavy atom. The van der Waals surface area contributed by atoms with E-state index in [9.17, 15) is 0 Å². The van der Waals surface area contributed by atoms with Gasteiger partial charge in [0.2, 0.25) is 0 Å². The molecule has 0 bridgehead atoms. The number of ether oxygens (including phenoxy) is 1. The van der Waals surface area contributed by atoms with E-state index in [0.29, 0.717) is 17.8 Å². The van der Waals surface area contributed by atoms with E-state index >= 15 is 0 Å². The molecule has 1 heterocycles. The molecule has 0 saturated carbocycles. The third kappa shape index (κ3) is 3.32. The molecule has 0 spiro atoms. The van der Waals surface area contributed by atoms with Crippen molar-refractivity contribution in [1.82, 2.24) is 4.98 Å². The molecule has 0 saturated heterocycles. The first-order valence-corrected chi connectivity index (χ1v) is 5.64. The van der Waals surface area contributed by atoms with E-state index in [1.54, 1.807) is 36.7 Å². The minimum absolute atomic E-state index is 0.440. The van der Waals surface area contributed by atoms with Gasteiger partial charge >= 0.3 is 7.12 Å². The third-order valence-electron chi connectivity index (χ3n) is 2.52. The van der Waals surface area contributed by atoms with Crippen molar-refractivity contribution in [2.45, 2.75) is 13.5 Å². The molecule has 5 heteroatoms. The summed E-state index contributed by atoms with van der Waals surface area (Å²) in [6.45, 7) is 2.42. The highest BCUT2D eigenvalue weighted by molar-refractivity contribution is 6.58. The largest absolute Gasteiger partial charge is 0.489 e. The van der Waals surface area contributed by atoms with E-state index in [2.05, 4.69) is 4.98 Å². The van der Waals surface area contributed by atoms with Crippen molar-refractivity contribution >= 4 is 12.6 Å². The molecule has 92 valence electrons. The van der Waals surface area contributed by atoms with Crippen LogP contribution >= 0.6 is 0 Å². The van der Waals surface area contributed by atoms with E-state index in [1.807, 2.05) is 13.0 Å². The smallest absolute Gasteiger partial charge is 0.488 e. The number of aryl methyl sites for hydroxylation is 1. The van der Waals surface area contributed by atoms with Gasteiger partial charge in [-0.3, -0.25) is 4.98 Å². The van der Waals surface area contributed by atoms with E-state index in [-0.39, 0.29) is 0 Å². The van der Waals surface area contributed by atoms with Gasteiger partial charge in [-0.15, -0.1) is 0 Å². The molecule has 0 amide bonds. The van der Waals surface area contributed by atoms with Crippen LogP contribution in [0.15, 0.2) is 42.7 Å². The van der Waals surface area contributed by atoms with Gasteiger partial charge in [-0.05, 0) is 36.1 Å². The maximum Gasteiger partial charge on any atom is 0.488 e. The van der Waals surface area contributed by atoms with Crippen molar-refractivity contribution in [3.8, 4) is 5.75 Å². The molecule has 2 rings (SSSR count). The Bertz CT molecular complexity index is 514. The van der Waals surface area contributed by atoms with Gasteiger partial charge in [-0.1, -0.05) is 12.1 Å². The van der Waals surface area contributed by atoms with Crippen LogP contribution in [0.3, 0.4) is 0 Å². The second-order valence-electron chi connectivity index (χ2n) is 4.10. The van der Waals surface area contributed by atoms with Gasteiger partial charge in [-0.25, -0.2) is 0 Å². The van der Waals surface area contributed by atoms with Gasteiger partial charge in [-0.2, -0.15) is 0 Å². The predicted molar refractivity (Wildman–Crippen MR) is 69.6 cm³/mol. The summed E-state index contributed by atoms with van der Waals surface area (Å²) in [6.07, 6.45) is 3.56. The van der Waals surface area contributed by atoms with Crippen molar-refractivity contribution in [3.63, 3.8) is 0 Å². The Hall–Kier alpha value is -1.85. The van der Waals surface area contributed by atoms with E-state index in [4.69, 9.17) is 14.8 Å². The summed E-state index contributed by atoms with van der Waals surface area (Å²) in [7, 11) is -1.44. The second-order valence-corrected chi connectivity index (χ2v) is 4.10. The number of benzene rings is 1. The lowest BCUT2D eigenvalue weighted by Gasteiger charge is -2.07. The van der Waals surface area contributed by atoms with Crippen molar-refractivity contribution < 1.29 is 14.8 Å². The first kappa shape index (κ1) is 12.6. The average molecular weight is 243 g/mol. The van der Waals surface area contributed by atoms with Gasteiger partial charge in [0.1, 0.15) is 12.4 Å². The monoisotopic (exact) mass is 243 g/mol. The van der Waals surface area contributed by atoms with Gasteiger partial charge < -0.3 is 14.8 Å². The molecule has 0 aliphatic carbocycles. The highest BCUT2D eigenvalue weighted by Crippen LogP contribution is 2.11. The van der Waals surface area contributed by atoms with Crippen LogP contribution < -0.4 is 10.2 Å². The first-order chi connectivity index (χ1) is 8.65. The molecule has 1 aromatic heterocycles. The quantitative estimate of drug-likeness (QED) is 0.774. The summed E-state index contributed by atoms with van der Waals surface area (Å²) in [5.41, 5.74) is 2.54. The Kier molecular flexibility index (Phi) is 3.97. The van der Waals surface area contributed by atoms with Crippen LogP contribution in [-0.2, 0) is 6.61 Å². The van der Waals surface area contributed by atoms with Crippen molar-refractivity contribution in [3.05, 3.63) is 53.9 Å². The third-order valence-corrected chi connectivity index (χ3v) is 2.52. The fourth-order valence-corrected chi connectivity index (χ4v) is 1.60. The molecular weight excluding hydrogens is 229 g/mol. The van der Waals surface area contributed by atoms with E-state index in [0.717, 1.165) is 11.1 Å². The Balaban J connectivity index is 1.98. The van der Waals surface area contributed by atoms with E-state index in [1.165, 1.54) is 0 Å². The van der Waals surface area contributed by atoms with Crippen LogP contribution in [0.2, 0.25) is 0 Å². The van der Waals surface area contributed by atoms with Crippen LogP contribution in [0.5, 0.6) is 5.75 Å². The number of hydrogen-bond acceptors (Lipinski definition) is 4.